The number of nitrogens with zero attached hydrogens (tertiary/aromatic N) is 1. The van der Waals surface area contributed by atoms with Gasteiger partial charge in [-0.2, -0.15) is 0 Å². The Hall–Kier alpha value is -1.55. The molecule has 2 aromatic rings. The van der Waals surface area contributed by atoms with Gasteiger partial charge in [-0.25, -0.2) is 13.2 Å². The molecule has 1 nitrogen and oxygen atoms in total. The minimum atomic E-state index is -2.93. The Balaban J connectivity index is 2.55. The van der Waals surface area contributed by atoms with Gasteiger partial charge in [0.25, 0.3) is 6.43 Å². The molecule has 0 aliphatic heterocycles. The van der Waals surface area contributed by atoms with Gasteiger partial charge in [0, 0.05) is 26.0 Å². The third-order valence-electron chi connectivity index (χ3n) is 2.75. The van der Waals surface area contributed by atoms with Crippen LogP contribution in [0.25, 0.3) is 11.1 Å². The number of alkyl halides is 3. The van der Waals surface area contributed by atoms with Crippen LogP contribution in [-0.4, -0.2) is 4.98 Å². The molecule has 0 unspecified atom stereocenters. The number of benzene rings is 1. The van der Waals surface area contributed by atoms with Crippen molar-refractivity contribution < 1.29 is 15.9 Å². The minimum absolute atomic E-state index is 0.143. The molecule has 0 bridgehead atoms. The van der Waals surface area contributed by atoms with Crippen molar-refractivity contribution >= 4 is 11.6 Å². The van der Waals surface area contributed by atoms with Crippen LogP contribution in [0.5, 0.6) is 0 Å². The topological polar surface area (TPSA) is 12.9 Å². The van der Waals surface area contributed by atoms with E-state index in [1.165, 1.54) is 18.3 Å². The quantitative estimate of drug-likeness (QED) is 0.734. The summed E-state index contributed by atoms with van der Waals surface area (Å²) in [7, 11) is 0. The zero-order valence-electron chi connectivity index (χ0n) is 11.9. The first-order valence-electron chi connectivity index (χ1n) is 6.44. The Morgan fingerprint density at radius 1 is 1.32 bits per heavy atom. The van der Waals surface area contributed by atoms with Crippen LogP contribution in [0.1, 0.15) is 26.0 Å². The van der Waals surface area contributed by atoms with E-state index in [0.717, 1.165) is 12.1 Å². The van der Waals surface area contributed by atoms with Crippen LogP contribution in [0.15, 0.2) is 30.5 Å². The van der Waals surface area contributed by atoms with Crippen molar-refractivity contribution in [2.24, 2.45) is 0 Å². The Labute approximate surface area is 116 Å². The van der Waals surface area contributed by atoms with Crippen LogP contribution in [0, 0.1) is 12.7 Å². The van der Waals surface area contributed by atoms with Gasteiger partial charge in [0.15, 0.2) is 0 Å². The number of hydrogen-bond donors (Lipinski definition) is 0. The molecule has 0 fully saturated rings. The van der Waals surface area contributed by atoms with Crippen LogP contribution in [0.2, 0.25) is 0 Å². The SMILES string of the molecule is [2H]C([2H])(Cl)c1cc(-c2ccc(F)c(C(F)F)c2)cnc1C. The minimum Gasteiger partial charge on any atom is -0.261 e. The normalized spacial score (nSPS) is 13.4. The molecular formula is C14H11ClF3N. The van der Waals surface area contributed by atoms with Gasteiger partial charge in [0.1, 0.15) is 5.82 Å². The Kier molecular flexibility index (Phi) is 3.34. The second-order valence-electron chi connectivity index (χ2n) is 3.99. The molecule has 0 amide bonds. The van der Waals surface area contributed by atoms with Gasteiger partial charge in [-0.3, -0.25) is 4.98 Å². The van der Waals surface area contributed by atoms with Crippen molar-refractivity contribution in [1.82, 2.24) is 4.98 Å². The molecule has 0 aliphatic carbocycles. The van der Waals surface area contributed by atoms with Gasteiger partial charge in [0.05, 0.1) is 5.56 Å². The average molecular weight is 288 g/mol. The summed E-state index contributed by atoms with van der Waals surface area (Å²) in [5, 5.41) is 0. The summed E-state index contributed by atoms with van der Waals surface area (Å²) in [6, 6.07) is 4.74. The molecule has 0 atom stereocenters. The van der Waals surface area contributed by atoms with E-state index >= 15 is 0 Å². The highest BCUT2D eigenvalue weighted by molar-refractivity contribution is 6.17. The second kappa shape index (κ2) is 5.61. The van der Waals surface area contributed by atoms with Crippen LogP contribution in [-0.2, 0) is 5.83 Å². The third-order valence-corrected chi connectivity index (χ3v) is 2.96. The van der Waals surface area contributed by atoms with Crippen LogP contribution in [0.4, 0.5) is 13.2 Å². The smallest absolute Gasteiger partial charge is 0.261 e. The third kappa shape index (κ3) is 2.89. The van der Waals surface area contributed by atoms with E-state index in [-0.39, 0.29) is 5.56 Å². The molecule has 0 radical (unpaired) electrons. The molecule has 2 rings (SSSR count). The van der Waals surface area contributed by atoms with Crippen molar-refractivity contribution in [2.75, 3.05) is 0 Å². The van der Waals surface area contributed by atoms with Crippen molar-refractivity contribution in [3.8, 4) is 11.1 Å². The fourth-order valence-corrected chi connectivity index (χ4v) is 1.87. The van der Waals surface area contributed by atoms with E-state index in [1.807, 2.05) is 0 Å². The predicted octanol–water partition coefficient (Wildman–Crippen LogP) is 4.87. The first-order chi connectivity index (χ1) is 9.70. The lowest BCUT2D eigenvalue weighted by Gasteiger charge is -2.08. The van der Waals surface area contributed by atoms with Gasteiger partial charge >= 0.3 is 0 Å². The lowest BCUT2D eigenvalue weighted by Crippen LogP contribution is -1.94. The molecule has 0 saturated carbocycles. The summed E-state index contributed by atoms with van der Waals surface area (Å²) < 4.78 is 53.8. The van der Waals surface area contributed by atoms with Crippen molar-refractivity contribution in [2.45, 2.75) is 19.2 Å². The number of pyridine rings is 1. The van der Waals surface area contributed by atoms with E-state index in [1.54, 1.807) is 6.92 Å². The maximum absolute atomic E-state index is 13.3. The largest absolute Gasteiger partial charge is 0.266 e. The van der Waals surface area contributed by atoms with Crippen LogP contribution in [0.3, 0.4) is 0 Å². The van der Waals surface area contributed by atoms with E-state index < -0.39 is 23.6 Å². The molecule has 1 aromatic heterocycles. The zero-order chi connectivity index (χ0) is 15.8. The summed E-state index contributed by atoms with van der Waals surface area (Å²) in [5.74, 6) is -3.11. The molecule has 100 valence electrons. The molecule has 5 heteroatoms. The molecule has 19 heavy (non-hydrogen) atoms. The lowest BCUT2D eigenvalue weighted by molar-refractivity contribution is 0.146. The molecule has 0 N–H and O–H groups in total. The number of halogens is 4. The summed E-state index contributed by atoms with van der Waals surface area (Å²) in [6.45, 7) is 1.59. The van der Waals surface area contributed by atoms with E-state index in [4.69, 9.17) is 14.3 Å². The van der Waals surface area contributed by atoms with Gasteiger partial charge in [-0.05, 0) is 36.2 Å². The predicted molar refractivity (Wildman–Crippen MR) is 68.9 cm³/mol. The number of rotatable bonds is 3. The fourth-order valence-electron chi connectivity index (χ4n) is 1.68. The van der Waals surface area contributed by atoms with Crippen LogP contribution >= 0.6 is 11.6 Å². The van der Waals surface area contributed by atoms with Gasteiger partial charge in [-0.1, -0.05) is 6.07 Å². The van der Waals surface area contributed by atoms with Gasteiger partial charge in [0.2, 0.25) is 0 Å². The molecular weight excluding hydrogens is 275 g/mol. The van der Waals surface area contributed by atoms with Gasteiger partial charge in [-0.15, -0.1) is 11.6 Å². The van der Waals surface area contributed by atoms with Crippen LogP contribution < -0.4 is 0 Å². The number of aromatic nitrogens is 1. The number of hydrogen-bond acceptors (Lipinski definition) is 1. The summed E-state index contributed by atoms with van der Waals surface area (Å²) in [6.07, 6.45) is -1.52. The first kappa shape index (κ1) is 11.3. The monoisotopic (exact) mass is 287 g/mol. The molecule has 0 spiro atoms. The van der Waals surface area contributed by atoms with Crippen molar-refractivity contribution in [3.05, 3.63) is 53.1 Å². The lowest BCUT2D eigenvalue weighted by atomic mass is 10.0. The maximum atomic E-state index is 13.3. The number of aryl methyl sites for hydroxylation is 1. The fraction of sp³-hybridized carbons (Fsp3) is 0.214. The maximum Gasteiger partial charge on any atom is 0.266 e. The van der Waals surface area contributed by atoms with Crippen molar-refractivity contribution in [3.63, 3.8) is 0 Å². The van der Waals surface area contributed by atoms with E-state index in [0.29, 0.717) is 16.8 Å². The molecule has 0 saturated heterocycles. The first-order valence-corrected chi connectivity index (χ1v) is 5.82. The zero-order valence-corrected chi connectivity index (χ0v) is 10.7. The molecule has 1 aromatic carbocycles. The molecule has 1 heterocycles. The van der Waals surface area contributed by atoms with Gasteiger partial charge < -0.3 is 0 Å². The summed E-state index contributed by atoms with van der Waals surface area (Å²) >= 11 is 5.64. The summed E-state index contributed by atoms with van der Waals surface area (Å²) in [4.78, 5) is 4.01. The highest BCUT2D eigenvalue weighted by Crippen LogP contribution is 2.28. The Bertz CT molecular complexity index is 672. The van der Waals surface area contributed by atoms with E-state index in [9.17, 15) is 13.2 Å². The standard InChI is InChI=1S/C14H11ClF3N/c1-8-10(6-15)4-11(7-19-8)9-2-3-13(16)12(5-9)14(17)18/h2-5,7,14H,6H2,1H3/i6D2. The second-order valence-corrected chi connectivity index (χ2v) is 4.18. The highest BCUT2D eigenvalue weighted by Gasteiger charge is 2.14. The highest BCUT2D eigenvalue weighted by atomic mass is 35.5. The average Bonchev–Trinajstić information content (AvgIpc) is 2.38. The molecule has 0 aliphatic rings. The Morgan fingerprint density at radius 3 is 2.68 bits per heavy atom. The summed E-state index contributed by atoms with van der Waals surface area (Å²) in [5.41, 5.74) is 0.548. The van der Waals surface area contributed by atoms with E-state index in [2.05, 4.69) is 4.98 Å². The Morgan fingerprint density at radius 2 is 2.05 bits per heavy atom. The van der Waals surface area contributed by atoms with Crippen molar-refractivity contribution in [1.29, 1.82) is 0 Å².